The molecule has 0 fully saturated rings. The summed E-state index contributed by atoms with van der Waals surface area (Å²) >= 11 is 0. The molecule has 0 saturated carbocycles. The number of nitrogens with zero attached hydrogens (tertiary/aromatic N) is 3. The molecular formula is C21H22N4O2. The summed E-state index contributed by atoms with van der Waals surface area (Å²) in [7, 11) is 0. The predicted octanol–water partition coefficient (Wildman–Crippen LogP) is 3.19. The predicted molar refractivity (Wildman–Crippen MR) is 107 cm³/mol. The Hall–Kier alpha value is -3.28. The van der Waals surface area contributed by atoms with Crippen molar-refractivity contribution in [3.8, 4) is 0 Å². The largest absolute Gasteiger partial charge is 0.292 e. The van der Waals surface area contributed by atoms with Crippen LogP contribution in [0.1, 0.15) is 40.5 Å². The van der Waals surface area contributed by atoms with Crippen LogP contribution in [0.4, 0.5) is 0 Å². The molecule has 27 heavy (non-hydrogen) atoms. The quantitative estimate of drug-likeness (QED) is 0.559. The number of amides is 1. The highest BCUT2D eigenvalue weighted by Gasteiger charge is 2.16. The van der Waals surface area contributed by atoms with Crippen LogP contribution < -0.4 is 11.0 Å². The van der Waals surface area contributed by atoms with Crippen molar-refractivity contribution in [2.45, 2.75) is 33.7 Å². The lowest BCUT2D eigenvalue weighted by Crippen LogP contribution is -2.29. The first-order valence-electron chi connectivity index (χ1n) is 8.91. The fourth-order valence-electron chi connectivity index (χ4n) is 2.95. The Labute approximate surface area is 157 Å². The number of hydrogen-bond acceptors (Lipinski definition) is 4. The maximum Gasteiger partial charge on any atom is 0.292 e. The second-order valence-corrected chi connectivity index (χ2v) is 6.48. The third kappa shape index (κ3) is 3.95. The lowest BCUT2D eigenvalue weighted by atomic mass is 10.1. The molecule has 0 atom stereocenters. The van der Waals surface area contributed by atoms with E-state index in [0.717, 1.165) is 17.5 Å². The molecule has 0 radical (unpaired) electrons. The minimum Gasteiger partial charge on any atom is -0.267 e. The number of carbonyl (C=O) groups is 1. The van der Waals surface area contributed by atoms with E-state index in [1.54, 1.807) is 30.5 Å². The molecule has 1 aromatic heterocycles. The van der Waals surface area contributed by atoms with Gasteiger partial charge in [-0.1, -0.05) is 48.9 Å². The number of hydrogen-bond donors (Lipinski definition) is 1. The molecule has 6 heteroatoms. The van der Waals surface area contributed by atoms with Crippen molar-refractivity contribution in [3.63, 3.8) is 0 Å². The number of rotatable bonds is 5. The van der Waals surface area contributed by atoms with Gasteiger partial charge in [0.2, 0.25) is 0 Å². The average Bonchev–Trinajstić information content (AvgIpc) is 2.66. The van der Waals surface area contributed by atoms with E-state index in [1.165, 1.54) is 10.2 Å². The molecule has 0 aliphatic carbocycles. The van der Waals surface area contributed by atoms with E-state index in [9.17, 15) is 9.59 Å². The van der Waals surface area contributed by atoms with Gasteiger partial charge in [-0.3, -0.25) is 9.59 Å². The molecule has 6 nitrogen and oxygen atoms in total. The third-order valence-corrected chi connectivity index (χ3v) is 4.31. The Morgan fingerprint density at radius 3 is 2.63 bits per heavy atom. The van der Waals surface area contributed by atoms with Gasteiger partial charge in [0.1, 0.15) is 0 Å². The fraction of sp³-hybridized carbons (Fsp3) is 0.238. The zero-order valence-electron chi connectivity index (χ0n) is 15.7. The van der Waals surface area contributed by atoms with Gasteiger partial charge >= 0.3 is 0 Å². The minimum atomic E-state index is -0.447. The summed E-state index contributed by atoms with van der Waals surface area (Å²) in [5.74, 6) is -0.447. The van der Waals surface area contributed by atoms with Crippen LogP contribution in [-0.2, 0) is 6.54 Å². The number of carbonyl (C=O) groups excluding carboxylic acids is 1. The van der Waals surface area contributed by atoms with E-state index < -0.39 is 5.91 Å². The molecule has 0 spiro atoms. The number of benzene rings is 2. The Bertz CT molecular complexity index is 1080. The normalized spacial score (nSPS) is 11.2. The molecule has 3 rings (SSSR count). The van der Waals surface area contributed by atoms with Crippen LogP contribution in [0.5, 0.6) is 0 Å². The molecule has 0 saturated heterocycles. The smallest absolute Gasteiger partial charge is 0.267 e. The molecule has 0 aliphatic heterocycles. The molecule has 0 unspecified atom stereocenters. The molecule has 2 aromatic carbocycles. The molecule has 3 aromatic rings. The van der Waals surface area contributed by atoms with E-state index in [-0.39, 0.29) is 11.3 Å². The highest BCUT2D eigenvalue weighted by molar-refractivity contribution is 6.05. The summed E-state index contributed by atoms with van der Waals surface area (Å²) in [6.45, 7) is 6.43. The number of hydrazone groups is 1. The van der Waals surface area contributed by atoms with Crippen molar-refractivity contribution in [1.29, 1.82) is 0 Å². The van der Waals surface area contributed by atoms with Crippen LogP contribution in [0.2, 0.25) is 0 Å². The SMILES string of the molecule is CCCn1nc(C(=O)N/N=C\c2ccc(C)cc2C)c2ccccc2c1=O. The fourth-order valence-corrected chi connectivity index (χ4v) is 2.95. The van der Waals surface area contributed by atoms with Gasteiger partial charge in [-0.05, 0) is 37.5 Å². The van der Waals surface area contributed by atoms with Crippen LogP contribution in [0.3, 0.4) is 0 Å². The average molecular weight is 362 g/mol. The minimum absolute atomic E-state index is 0.191. The number of aryl methyl sites for hydroxylation is 3. The van der Waals surface area contributed by atoms with Gasteiger partial charge in [0.25, 0.3) is 11.5 Å². The molecule has 0 bridgehead atoms. The molecule has 0 aliphatic rings. The molecular weight excluding hydrogens is 340 g/mol. The van der Waals surface area contributed by atoms with Gasteiger partial charge < -0.3 is 0 Å². The summed E-state index contributed by atoms with van der Waals surface area (Å²) in [5.41, 5.74) is 5.69. The van der Waals surface area contributed by atoms with E-state index >= 15 is 0 Å². The van der Waals surface area contributed by atoms with Gasteiger partial charge in [-0.2, -0.15) is 10.2 Å². The molecule has 1 amide bonds. The first-order chi connectivity index (χ1) is 13.0. The van der Waals surface area contributed by atoms with Crippen molar-refractivity contribution >= 4 is 22.9 Å². The summed E-state index contributed by atoms with van der Waals surface area (Å²) in [5, 5.41) is 9.32. The van der Waals surface area contributed by atoms with Crippen LogP contribution >= 0.6 is 0 Å². The first-order valence-corrected chi connectivity index (χ1v) is 8.91. The van der Waals surface area contributed by atoms with Gasteiger partial charge in [-0.15, -0.1) is 0 Å². The number of aromatic nitrogens is 2. The lowest BCUT2D eigenvalue weighted by molar-refractivity contribution is 0.0949. The van der Waals surface area contributed by atoms with E-state index in [1.807, 2.05) is 32.9 Å². The first kappa shape index (κ1) is 18.5. The van der Waals surface area contributed by atoms with Crippen molar-refractivity contribution in [2.24, 2.45) is 5.10 Å². The van der Waals surface area contributed by atoms with Gasteiger partial charge in [0.05, 0.1) is 11.6 Å². The Morgan fingerprint density at radius 2 is 1.93 bits per heavy atom. The van der Waals surface area contributed by atoms with Crippen molar-refractivity contribution < 1.29 is 4.79 Å². The highest BCUT2D eigenvalue weighted by atomic mass is 16.2. The highest BCUT2D eigenvalue weighted by Crippen LogP contribution is 2.13. The van der Waals surface area contributed by atoms with Crippen LogP contribution in [-0.4, -0.2) is 21.9 Å². The van der Waals surface area contributed by atoms with Gasteiger partial charge in [-0.25, -0.2) is 10.1 Å². The summed E-state index contributed by atoms with van der Waals surface area (Å²) < 4.78 is 1.34. The summed E-state index contributed by atoms with van der Waals surface area (Å²) in [6.07, 6.45) is 2.36. The maximum atomic E-state index is 12.7. The Morgan fingerprint density at radius 1 is 1.19 bits per heavy atom. The second-order valence-electron chi connectivity index (χ2n) is 6.48. The van der Waals surface area contributed by atoms with E-state index in [0.29, 0.717) is 17.3 Å². The maximum absolute atomic E-state index is 12.7. The van der Waals surface area contributed by atoms with Crippen molar-refractivity contribution in [2.75, 3.05) is 0 Å². The van der Waals surface area contributed by atoms with Gasteiger partial charge in [0, 0.05) is 11.9 Å². The summed E-state index contributed by atoms with van der Waals surface area (Å²) in [6, 6.07) is 13.0. The molecule has 1 heterocycles. The molecule has 138 valence electrons. The Kier molecular flexibility index (Phi) is 5.45. The molecule has 1 N–H and O–H groups in total. The van der Waals surface area contributed by atoms with Crippen LogP contribution in [0.25, 0.3) is 10.8 Å². The zero-order valence-corrected chi connectivity index (χ0v) is 15.7. The summed E-state index contributed by atoms with van der Waals surface area (Å²) in [4.78, 5) is 25.1. The lowest BCUT2D eigenvalue weighted by Gasteiger charge is -2.09. The monoisotopic (exact) mass is 362 g/mol. The number of fused-ring (bicyclic) bond motifs is 1. The topological polar surface area (TPSA) is 76.3 Å². The van der Waals surface area contributed by atoms with Crippen molar-refractivity contribution in [1.82, 2.24) is 15.2 Å². The van der Waals surface area contributed by atoms with Gasteiger partial charge in [0.15, 0.2) is 5.69 Å². The van der Waals surface area contributed by atoms with E-state index in [4.69, 9.17) is 0 Å². The standard InChI is InChI=1S/C21H22N4O2/c1-4-11-25-21(27)18-8-6-5-7-17(18)19(24-25)20(26)23-22-13-16-10-9-14(2)12-15(16)3/h5-10,12-13H,4,11H2,1-3H3,(H,23,26)/b22-13-. The third-order valence-electron chi connectivity index (χ3n) is 4.31. The number of nitrogens with one attached hydrogen (secondary N) is 1. The van der Waals surface area contributed by atoms with Crippen LogP contribution in [0.15, 0.2) is 52.4 Å². The Balaban J connectivity index is 1.92. The van der Waals surface area contributed by atoms with Crippen molar-refractivity contribution in [3.05, 3.63) is 75.2 Å². The second kappa shape index (κ2) is 7.95. The van der Waals surface area contributed by atoms with E-state index in [2.05, 4.69) is 21.7 Å². The zero-order chi connectivity index (χ0) is 19.4. The van der Waals surface area contributed by atoms with Crippen LogP contribution in [0, 0.1) is 13.8 Å².